The molecule has 0 aromatic heterocycles. The minimum atomic E-state index is 0.110. The monoisotopic (exact) mass is 532 g/mol. The molecular weight excluding hydrogens is 495 g/mol. The summed E-state index contributed by atoms with van der Waals surface area (Å²) in [7, 11) is 0. The minimum Gasteiger partial charge on any atom is -0.311 e. The Morgan fingerprint density at radius 3 is 1.37 bits per heavy atom. The van der Waals surface area contributed by atoms with E-state index in [9.17, 15) is 0 Å². The summed E-state index contributed by atoms with van der Waals surface area (Å²) in [6, 6.07) is 36.9. The van der Waals surface area contributed by atoms with E-state index in [1.165, 1.54) is 78.3 Å². The first-order valence-corrected chi connectivity index (χ1v) is 14.7. The Bertz CT molecular complexity index is 1810. The standard InChI is InChI=1S/C38H37BN2/c1-24-8-14-29(15-9-24)40-33-18-10-25(2)20-31(33)39-32-21-26(3)11-19-34(32)41(36-23-27(4)22-35(40)37(36)39)30-16-12-28(13-17-30)38(5,6)7/h8-23H,1-7H3. The van der Waals surface area contributed by atoms with Crippen LogP contribution < -0.4 is 26.2 Å². The van der Waals surface area contributed by atoms with Gasteiger partial charge in [-0.3, -0.25) is 0 Å². The third-order valence-electron chi connectivity index (χ3n) is 8.80. The predicted octanol–water partition coefficient (Wildman–Crippen LogP) is 8.30. The summed E-state index contributed by atoms with van der Waals surface area (Å²) in [5.41, 5.74) is 18.2. The fourth-order valence-electron chi connectivity index (χ4n) is 6.74. The molecule has 0 fully saturated rings. The Balaban J connectivity index is 1.55. The van der Waals surface area contributed by atoms with Gasteiger partial charge in [-0.1, -0.05) is 86.0 Å². The molecule has 202 valence electrons. The van der Waals surface area contributed by atoms with Crippen molar-refractivity contribution in [2.45, 2.75) is 53.9 Å². The first kappa shape index (κ1) is 25.7. The van der Waals surface area contributed by atoms with Crippen LogP contribution in [0.1, 0.15) is 48.6 Å². The number of hydrogen-bond acceptors (Lipinski definition) is 2. The molecule has 0 unspecified atom stereocenters. The van der Waals surface area contributed by atoms with E-state index in [1.54, 1.807) is 0 Å². The Morgan fingerprint density at radius 1 is 0.463 bits per heavy atom. The number of hydrogen-bond donors (Lipinski definition) is 0. The van der Waals surface area contributed by atoms with E-state index >= 15 is 0 Å². The molecule has 41 heavy (non-hydrogen) atoms. The van der Waals surface area contributed by atoms with Crippen LogP contribution in [0.2, 0.25) is 0 Å². The highest BCUT2D eigenvalue weighted by atomic mass is 15.2. The van der Waals surface area contributed by atoms with Crippen molar-refractivity contribution in [3.63, 3.8) is 0 Å². The van der Waals surface area contributed by atoms with E-state index in [-0.39, 0.29) is 12.1 Å². The molecule has 5 aromatic rings. The summed E-state index contributed by atoms with van der Waals surface area (Å²) in [5, 5.41) is 0. The summed E-state index contributed by atoms with van der Waals surface area (Å²) in [6.07, 6.45) is 0. The number of aryl methyl sites for hydroxylation is 4. The largest absolute Gasteiger partial charge is 0.311 e. The van der Waals surface area contributed by atoms with Crippen molar-refractivity contribution in [2.75, 3.05) is 9.80 Å². The van der Waals surface area contributed by atoms with Crippen LogP contribution in [0.5, 0.6) is 0 Å². The highest BCUT2D eigenvalue weighted by Gasteiger charge is 2.43. The van der Waals surface area contributed by atoms with Gasteiger partial charge in [0.1, 0.15) is 0 Å². The molecular formula is C38H37BN2. The van der Waals surface area contributed by atoms with Gasteiger partial charge in [0.2, 0.25) is 0 Å². The van der Waals surface area contributed by atoms with Gasteiger partial charge < -0.3 is 9.80 Å². The van der Waals surface area contributed by atoms with E-state index in [4.69, 9.17) is 0 Å². The molecule has 0 atom stereocenters. The summed E-state index contributed by atoms with van der Waals surface area (Å²) in [5.74, 6) is 0. The van der Waals surface area contributed by atoms with E-state index in [1.807, 2.05) is 0 Å². The number of benzene rings is 5. The fourth-order valence-corrected chi connectivity index (χ4v) is 6.74. The van der Waals surface area contributed by atoms with Gasteiger partial charge in [0.05, 0.1) is 0 Å². The predicted molar refractivity (Wildman–Crippen MR) is 178 cm³/mol. The van der Waals surface area contributed by atoms with E-state index in [0.29, 0.717) is 0 Å². The van der Waals surface area contributed by atoms with E-state index in [2.05, 4.69) is 155 Å². The topological polar surface area (TPSA) is 6.48 Å². The van der Waals surface area contributed by atoms with Gasteiger partial charge in [-0.15, -0.1) is 0 Å². The Morgan fingerprint density at radius 2 is 0.902 bits per heavy atom. The zero-order valence-corrected chi connectivity index (χ0v) is 25.2. The highest BCUT2D eigenvalue weighted by Crippen LogP contribution is 2.44. The molecule has 0 saturated heterocycles. The second kappa shape index (κ2) is 9.14. The molecule has 0 aliphatic carbocycles. The van der Waals surface area contributed by atoms with Crippen LogP contribution in [0.3, 0.4) is 0 Å². The molecule has 0 spiro atoms. The first-order chi connectivity index (χ1) is 19.6. The molecule has 7 rings (SSSR count). The third kappa shape index (κ3) is 4.10. The maximum atomic E-state index is 2.50. The molecule has 0 radical (unpaired) electrons. The third-order valence-corrected chi connectivity index (χ3v) is 8.80. The van der Waals surface area contributed by atoms with Crippen LogP contribution in [0, 0.1) is 27.7 Å². The highest BCUT2D eigenvalue weighted by molar-refractivity contribution is 7.00. The number of rotatable bonds is 2. The molecule has 2 aliphatic heterocycles. The van der Waals surface area contributed by atoms with Crippen molar-refractivity contribution in [1.29, 1.82) is 0 Å². The molecule has 5 aromatic carbocycles. The maximum Gasteiger partial charge on any atom is 0.252 e. The smallest absolute Gasteiger partial charge is 0.252 e. The van der Waals surface area contributed by atoms with E-state index < -0.39 is 0 Å². The lowest BCUT2D eigenvalue weighted by Gasteiger charge is -2.44. The molecule has 0 saturated carbocycles. The average Bonchev–Trinajstić information content (AvgIpc) is 2.93. The lowest BCUT2D eigenvalue weighted by molar-refractivity contribution is 0.590. The summed E-state index contributed by atoms with van der Waals surface area (Å²) in [6.45, 7) is 15.8. The molecule has 0 amide bonds. The molecule has 0 N–H and O–H groups in total. The number of anilines is 6. The Hall–Kier alpha value is -4.24. The molecule has 2 heterocycles. The van der Waals surface area contributed by atoms with Gasteiger partial charge in [0.15, 0.2) is 0 Å². The molecule has 2 nitrogen and oxygen atoms in total. The van der Waals surface area contributed by atoms with Gasteiger partial charge in [-0.25, -0.2) is 0 Å². The fraction of sp³-hybridized carbons (Fsp3) is 0.211. The Kier molecular flexibility index (Phi) is 5.73. The van der Waals surface area contributed by atoms with Crippen molar-refractivity contribution < 1.29 is 0 Å². The van der Waals surface area contributed by atoms with Crippen LogP contribution in [0.25, 0.3) is 0 Å². The summed E-state index contributed by atoms with van der Waals surface area (Å²) in [4.78, 5) is 4.98. The van der Waals surface area contributed by atoms with Crippen molar-refractivity contribution >= 4 is 57.2 Å². The number of nitrogens with zero attached hydrogens (tertiary/aromatic N) is 2. The second-order valence-electron chi connectivity index (χ2n) is 13.1. The van der Waals surface area contributed by atoms with Crippen LogP contribution >= 0.6 is 0 Å². The van der Waals surface area contributed by atoms with Gasteiger partial charge >= 0.3 is 0 Å². The SMILES string of the molecule is Cc1ccc(N2c3ccc(C)cc3B3c4cc(C)ccc4N(c4ccc(C(C)(C)C)cc4)c4cc(C)cc2c43)cc1. The van der Waals surface area contributed by atoms with Crippen LogP contribution in [-0.2, 0) is 5.41 Å². The zero-order valence-electron chi connectivity index (χ0n) is 25.2. The van der Waals surface area contributed by atoms with Gasteiger partial charge in [0, 0.05) is 34.1 Å². The number of fused-ring (bicyclic) bond motifs is 4. The van der Waals surface area contributed by atoms with Crippen LogP contribution in [0.4, 0.5) is 34.1 Å². The van der Waals surface area contributed by atoms with Crippen molar-refractivity contribution in [3.05, 3.63) is 125 Å². The first-order valence-electron chi connectivity index (χ1n) is 14.7. The second-order valence-corrected chi connectivity index (χ2v) is 13.1. The van der Waals surface area contributed by atoms with Crippen LogP contribution in [0.15, 0.2) is 97.1 Å². The van der Waals surface area contributed by atoms with Crippen LogP contribution in [-0.4, -0.2) is 6.71 Å². The maximum absolute atomic E-state index is 2.50. The normalized spacial score (nSPS) is 13.6. The molecule has 0 bridgehead atoms. The van der Waals surface area contributed by atoms with Gasteiger partial charge in [-0.2, -0.15) is 0 Å². The molecule has 3 heteroatoms. The lowest BCUT2D eigenvalue weighted by Crippen LogP contribution is -2.61. The van der Waals surface area contributed by atoms with Crippen molar-refractivity contribution in [2.24, 2.45) is 0 Å². The van der Waals surface area contributed by atoms with Gasteiger partial charge in [0.25, 0.3) is 6.71 Å². The average molecular weight is 533 g/mol. The molecule has 2 aliphatic rings. The zero-order chi connectivity index (χ0) is 28.6. The minimum absolute atomic E-state index is 0.110. The lowest BCUT2D eigenvalue weighted by atomic mass is 9.33. The summed E-state index contributed by atoms with van der Waals surface area (Å²) >= 11 is 0. The van der Waals surface area contributed by atoms with E-state index in [0.717, 1.165) is 0 Å². The Labute approximate surface area is 245 Å². The van der Waals surface area contributed by atoms with Crippen molar-refractivity contribution in [1.82, 2.24) is 0 Å². The van der Waals surface area contributed by atoms with Crippen molar-refractivity contribution in [3.8, 4) is 0 Å². The summed E-state index contributed by atoms with van der Waals surface area (Å²) < 4.78 is 0. The van der Waals surface area contributed by atoms with Gasteiger partial charge in [-0.05, 0) is 109 Å². The quantitative estimate of drug-likeness (QED) is 0.207.